The van der Waals surface area contributed by atoms with Gasteiger partial charge in [-0.2, -0.15) is 0 Å². The van der Waals surface area contributed by atoms with Gasteiger partial charge in [-0.1, -0.05) is 64.8 Å². The van der Waals surface area contributed by atoms with Crippen LogP contribution >= 0.6 is 0 Å². The molecular weight excluding hydrogens is 470 g/mol. The number of unbranched alkanes of at least 4 members (excludes halogenated alkanes) is 2. The molecule has 200 valence electrons. The number of carbonyl (C=O) groups is 2. The van der Waals surface area contributed by atoms with Crippen LogP contribution in [0.5, 0.6) is 0 Å². The van der Waals surface area contributed by atoms with Crippen molar-refractivity contribution in [2.75, 3.05) is 36.4 Å². The van der Waals surface area contributed by atoms with Crippen LogP contribution in [0.1, 0.15) is 78.8 Å². The molecule has 0 radical (unpaired) electrons. The summed E-state index contributed by atoms with van der Waals surface area (Å²) >= 11 is 0. The fraction of sp³-hybridized carbons (Fsp3) is 0.394. The van der Waals surface area contributed by atoms with Crippen molar-refractivity contribution >= 4 is 23.2 Å². The summed E-state index contributed by atoms with van der Waals surface area (Å²) in [5.41, 5.74) is 5.87. The number of amides is 2. The zero-order valence-corrected chi connectivity index (χ0v) is 23.3. The molecule has 3 aromatic carbocycles. The third kappa shape index (κ3) is 7.03. The normalized spacial score (nSPS) is 13.9. The Kier molecular flexibility index (Phi) is 8.88. The predicted octanol–water partition coefficient (Wildman–Crippen LogP) is 6.93. The Labute approximate surface area is 227 Å². The quantitative estimate of drug-likeness (QED) is 0.334. The molecular formula is C33H41N3O2. The van der Waals surface area contributed by atoms with Crippen molar-refractivity contribution in [2.45, 2.75) is 58.8 Å². The van der Waals surface area contributed by atoms with Crippen molar-refractivity contribution in [3.8, 4) is 0 Å². The van der Waals surface area contributed by atoms with E-state index < -0.39 is 0 Å². The fourth-order valence-electron chi connectivity index (χ4n) is 4.82. The minimum absolute atomic E-state index is 0.0741. The number of hydrogen-bond acceptors (Lipinski definition) is 3. The summed E-state index contributed by atoms with van der Waals surface area (Å²) in [6.45, 7) is 11.7. The zero-order chi connectivity index (χ0) is 27.1. The molecule has 4 rings (SSSR count). The van der Waals surface area contributed by atoms with Gasteiger partial charge in [-0.25, -0.2) is 0 Å². The molecule has 0 atom stereocenters. The third-order valence-electron chi connectivity index (χ3n) is 7.34. The van der Waals surface area contributed by atoms with Gasteiger partial charge >= 0.3 is 0 Å². The van der Waals surface area contributed by atoms with Crippen LogP contribution in [0.4, 0.5) is 11.4 Å². The Morgan fingerprint density at radius 2 is 1.37 bits per heavy atom. The van der Waals surface area contributed by atoms with E-state index in [0.29, 0.717) is 18.7 Å². The number of piperazine rings is 1. The Hall–Kier alpha value is -3.60. The van der Waals surface area contributed by atoms with Crippen LogP contribution in [-0.2, 0) is 11.8 Å². The van der Waals surface area contributed by atoms with Gasteiger partial charge in [0.05, 0.1) is 0 Å². The summed E-state index contributed by atoms with van der Waals surface area (Å²) in [6.07, 6.45) is 4.69. The van der Waals surface area contributed by atoms with E-state index in [1.54, 1.807) is 0 Å². The molecule has 1 fully saturated rings. The summed E-state index contributed by atoms with van der Waals surface area (Å²) in [7, 11) is 0. The van der Waals surface area contributed by atoms with E-state index in [9.17, 15) is 9.59 Å². The Morgan fingerprint density at radius 3 is 1.95 bits per heavy atom. The number of nitrogens with zero attached hydrogens (tertiary/aromatic N) is 2. The predicted molar refractivity (Wildman–Crippen MR) is 157 cm³/mol. The summed E-state index contributed by atoms with van der Waals surface area (Å²) in [6, 6.07) is 23.9. The van der Waals surface area contributed by atoms with Crippen LogP contribution in [0.3, 0.4) is 0 Å². The summed E-state index contributed by atoms with van der Waals surface area (Å²) in [5.74, 6) is -0.00215. The summed E-state index contributed by atoms with van der Waals surface area (Å²) < 4.78 is 0. The first-order valence-corrected chi connectivity index (χ1v) is 13.9. The van der Waals surface area contributed by atoms with Gasteiger partial charge in [-0.3, -0.25) is 9.59 Å². The first-order chi connectivity index (χ1) is 18.2. The van der Waals surface area contributed by atoms with Crippen LogP contribution in [0.15, 0.2) is 72.8 Å². The second-order valence-electron chi connectivity index (χ2n) is 11.3. The van der Waals surface area contributed by atoms with Crippen LogP contribution in [0.2, 0.25) is 0 Å². The Balaban J connectivity index is 1.27. The van der Waals surface area contributed by atoms with Crippen LogP contribution in [0.25, 0.3) is 0 Å². The van der Waals surface area contributed by atoms with Gasteiger partial charge in [0.1, 0.15) is 0 Å². The Bertz CT molecular complexity index is 1200. The molecule has 0 saturated carbocycles. The fourth-order valence-corrected chi connectivity index (χ4v) is 4.82. The number of hydrogen-bond donors (Lipinski definition) is 1. The highest BCUT2D eigenvalue weighted by molar-refractivity contribution is 6.04. The zero-order valence-electron chi connectivity index (χ0n) is 23.3. The number of aryl methyl sites for hydroxylation is 1. The lowest BCUT2D eigenvalue weighted by Gasteiger charge is -2.36. The second kappa shape index (κ2) is 12.3. The van der Waals surface area contributed by atoms with E-state index in [4.69, 9.17) is 0 Å². The molecule has 1 aliphatic heterocycles. The van der Waals surface area contributed by atoms with Gasteiger partial charge in [-0.05, 0) is 77.9 Å². The molecule has 2 amide bonds. The average molecular weight is 512 g/mol. The van der Waals surface area contributed by atoms with Gasteiger partial charge in [-0.15, -0.1) is 0 Å². The Morgan fingerprint density at radius 1 is 0.763 bits per heavy atom. The maximum atomic E-state index is 13.0. The van der Waals surface area contributed by atoms with Crippen molar-refractivity contribution in [2.24, 2.45) is 0 Å². The summed E-state index contributed by atoms with van der Waals surface area (Å²) in [5, 5.41) is 3.00. The maximum absolute atomic E-state index is 13.0. The van der Waals surface area contributed by atoms with Gasteiger partial charge in [0, 0.05) is 48.7 Å². The van der Waals surface area contributed by atoms with Gasteiger partial charge in [0.2, 0.25) is 0 Å². The van der Waals surface area contributed by atoms with Crippen LogP contribution in [0, 0.1) is 0 Å². The second-order valence-corrected chi connectivity index (χ2v) is 11.3. The molecule has 38 heavy (non-hydrogen) atoms. The molecule has 1 aliphatic rings. The van der Waals surface area contributed by atoms with Gasteiger partial charge in [0.15, 0.2) is 0 Å². The standard InChI is InChI=1S/C33H41N3O2/c1-5-6-7-8-25-9-11-26(12-10-25)31(37)34-29-17-19-30(20-18-29)35-21-23-36(24-22-35)32(38)27-13-15-28(16-14-27)33(2,3)4/h9-20H,5-8,21-24H2,1-4H3,(H,34,37). The number of rotatable bonds is 8. The number of benzene rings is 3. The van der Waals surface area contributed by atoms with Crippen LogP contribution < -0.4 is 10.2 Å². The van der Waals surface area contributed by atoms with Crippen molar-refractivity contribution in [3.05, 3.63) is 95.1 Å². The van der Waals surface area contributed by atoms with Gasteiger partial charge < -0.3 is 15.1 Å². The topological polar surface area (TPSA) is 52.7 Å². The smallest absolute Gasteiger partial charge is 0.255 e. The number of carbonyl (C=O) groups excluding carboxylic acids is 2. The lowest BCUT2D eigenvalue weighted by Crippen LogP contribution is -2.48. The molecule has 1 N–H and O–H groups in total. The lowest BCUT2D eigenvalue weighted by atomic mass is 9.86. The van der Waals surface area contributed by atoms with Crippen molar-refractivity contribution in [1.82, 2.24) is 4.90 Å². The highest BCUT2D eigenvalue weighted by atomic mass is 16.2. The number of anilines is 2. The largest absolute Gasteiger partial charge is 0.368 e. The molecule has 1 saturated heterocycles. The summed E-state index contributed by atoms with van der Waals surface area (Å²) in [4.78, 5) is 29.9. The molecule has 0 aliphatic carbocycles. The molecule has 0 bridgehead atoms. The SMILES string of the molecule is CCCCCc1ccc(C(=O)Nc2ccc(N3CCN(C(=O)c4ccc(C(C)(C)C)cc4)CC3)cc2)cc1. The monoisotopic (exact) mass is 511 g/mol. The third-order valence-corrected chi connectivity index (χ3v) is 7.34. The highest BCUT2D eigenvalue weighted by Gasteiger charge is 2.23. The van der Waals surface area contributed by atoms with Crippen LogP contribution in [-0.4, -0.2) is 42.9 Å². The highest BCUT2D eigenvalue weighted by Crippen LogP contribution is 2.24. The van der Waals surface area contributed by atoms with Crippen molar-refractivity contribution < 1.29 is 9.59 Å². The molecule has 3 aromatic rings. The lowest BCUT2D eigenvalue weighted by molar-refractivity contribution is 0.0746. The molecule has 0 spiro atoms. The first kappa shape index (κ1) is 27.4. The van der Waals surface area contributed by atoms with E-state index in [1.165, 1.54) is 30.4 Å². The minimum atomic E-state index is -0.0967. The molecule has 1 heterocycles. The maximum Gasteiger partial charge on any atom is 0.255 e. The van der Waals surface area contributed by atoms with E-state index in [0.717, 1.165) is 36.4 Å². The van der Waals surface area contributed by atoms with Crippen molar-refractivity contribution in [3.63, 3.8) is 0 Å². The van der Waals surface area contributed by atoms with Crippen molar-refractivity contribution in [1.29, 1.82) is 0 Å². The van der Waals surface area contributed by atoms with E-state index in [-0.39, 0.29) is 17.2 Å². The minimum Gasteiger partial charge on any atom is -0.368 e. The first-order valence-electron chi connectivity index (χ1n) is 13.9. The molecule has 5 heteroatoms. The van der Waals surface area contributed by atoms with E-state index >= 15 is 0 Å². The molecule has 5 nitrogen and oxygen atoms in total. The van der Waals surface area contributed by atoms with Gasteiger partial charge in [0.25, 0.3) is 11.8 Å². The van der Waals surface area contributed by atoms with E-state index in [2.05, 4.69) is 62.2 Å². The average Bonchev–Trinajstić information content (AvgIpc) is 2.93. The van der Waals surface area contributed by atoms with E-state index in [1.807, 2.05) is 53.4 Å². The molecule has 0 aromatic heterocycles. The number of nitrogens with one attached hydrogen (secondary N) is 1. The molecule has 0 unspecified atom stereocenters.